The Bertz CT molecular complexity index is 557. The van der Waals surface area contributed by atoms with Crippen LogP contribution >= 0.6 is 0 Å². The van der Waals surface area contributed by atoms with Gasteiger partial charge in [0.15, 0.2) is 0 Å². The second-order valence-corrected chi connectivity index (χ2v) is 6.98. The Morgan fingerprint density at radius 3 is 2.38 bits per heavy atom. The van der Waals surface area contributed by atoms with Crippen LogP contribution in [0.4, 0.5) is 4.39 Å². The molecule has 2 N–H and O–H groups in total. The van der Waals surface area contributed by atoms with E-state index < -0.39 is 15.8 Å². The second-order valence-electron chi connectivity index (χ2n) is 5.27. The van der Waals surface area contributed by atoms with E-state index in [9.17, 15) is 12.8 Å². The smallest absolute Gasteiger partial charge is 0.240 e. The van der Waals surface area contributed by atoms with E-state index in [1.54, 1.807) is 7.05 Å². The average Bonchev–Trinajstić information content (AvgIpc) is 2.42. The summed E-state index contributed by atoms with van der Waals surface area (Å²) in [7, 11) is -1.94. The molecular weight excluding hydrogens is 291 g/mol. The van der Waals surface area contributed by atoms with Crippen molar-refractivity contribution in [1.82, 2.24) is 10.0 Å². The molecule has 1 aromatic rings. The van der Waals surface area contributed by atoms with Crippen LogP contribution in [0.25, 0.3) is 0 Å². The van der Waals surface area contributed by atoms with Gasteiger partial charge in [0.05, 0.1) is 4.90 Å². The van der Waals surface area contributed by atoms with Gasteiger partial charge in [-0.3, -0.25) is 0 Å². The maximum absolute atomic E-state index is 13.6. The highest BCUT2D eigenvalue weighted by Gasteiger charge is 2.22. The molecule has 0 saturated heterocycles. The minimum atomic E-state index is -3.63. The zero-order chi connectivity index (χ0) is 16.0. The molecule has 0 aromatic heterocycles. The molecule has 4 nitrogen and oxygen atoms in total. The Balaban J connectivity index is 3.00. The third kappa shape index (κ3) is 4.76. The number of hydrogen-bond acceptors (Lipinski definition) is 3. The topological polar surface area (TPSA) is 58.2 Å². The summed E-state index contributed by atoms with van der Waals surface area (Å²) in [6, 6.07) is 3.73. The number of rotatable bonds is 8. The molecule has 1 atom stereocenters. The van der Waals surface area contributed by atoms with E-state index >= 15 is 0 Å². The van der Waals surface area contributed by atoms with Crippen LogP contribution in [-0.4, -0.2) is 21.5 Å². The van der Waals surface area contributed by atoms with Gasteiger partial charge in [0.25, 0.3) is 0 Å². The molecule has 1 unspecified atom stereocenters. The summed E-state index contributed by atoms with van der Waals surface area (Å²) < 4.78 is 41.1. The first-order valence-electron chi connectivity index (χ1n) is 7.31. The van der Waals surface area contributed by atoms with E-state index in [-0.39, 0.29) is 23.4 Å². The lowest BCUT2D eigenvalue weighted by Crippen LogP contribution is -2.37. The zero-order valence-electron chi connectivity index (χ0n) is 13.1. The van der Waals surface area contributed by atoms with E-state index in [1.807, 2.05) is 20.8 Å². The molecule has 120 valence electrons. The van der Waals surface area contributed by atoms with Gasteiger partial charge in [0.2, 0.25) is 10.0 Å². The fraction of sp³-hybridized carbons (Fsp3) is 0.600. The van der Waals surface area contributed by atoms with Gasteiger partial charge < -0.3 is 5.32 Å². The molecule has 0 radical (unpaired) electrons. The Kier molecular flexibility index (Phi) is 6.77. The van der Waals surface area contributed by atoms with Gasteiger partial charge in [0, 0.05) is 18.2 Å². The van der Waals surface area contributed by atoms with Crippen molar-refractivity contribution in [3.8, 4) is 0 Å². The molecule has 0 saturated carbocycles. The predicted octanol–water partition coefficient (Wildman–Crippen LogP) is 2.65. The number of benzene rings is 1. The van der Waals surface area contributed by atoms with Crippen molar-refractivity contribution in [2.75, 3.05) is 7.05 Å². The maximum Gasteiger partial charge on any atom is 0.240 e. The highest BCUT2D eigenvalue weighted by molar-refractivity contribution is 7.89. The molecule has 0 fully saturated rings. The number of halogens is 1. The third-order valence-electron chi connectivity index (χ3n) is 3.79. The molecule has 1 rings (SSSR count). The molecule has 0 heterocycles. The predicted molar refractivity (Wildman–Crippen MR) is 83.0 cm³/mol. The number of nitrogens with one attached hydrogen (secondary N) is 2. The molecule has 0 bridgehead atoms. The minimum absolute atomic E-state index is 0.104. The van der Waals surface area contributed by atoms with Crippen LogP contribution in [0, 0.1) is 11.7 Å². The number of hydrogen-bond donors (Lipinski definition) is 2. The van der Waals surface area contributed by atoms with Crippen LogP contribution in [0.15, 0.2) is 23.1 Å². The van der Waals surface area contributed by atoms with Gasteiger partial charge in [-0.1, -0.05) is 26.7 Å². The van der Waals surface area contributed by atoms with Gasteiger partial charge in [-0.2, -0.15) is 0 Å². The summed E-state index contributed by atoms with van der Waals surface area (Å²) in [6.45, 7) is 6.24. The Hall–Kier alpha value is -0.980. The molecule has 0 aliphatic heterocycles. The van der Waals surface area contributed by atoms with E-state index in [2.05, 4.69) is 10.0 Å². The first-order chi connectivity index (χ1) is 9.85. The summed E-state index contributed by atoms with van der Waals surface area (Å²) >= 11 is 0. The zero-order valence-corrected chi connectivity index (χ0v) is 13.9. The van der Waals surface area contributed by atoms with Crippen LogP contribution in [0.3, 0.4) is 0 Å². The molecule has 6 heteroatoms. The summed E-state index contributed by atoms with van der Waals surface area (Å²) in [5, 5.41) is 2.83. The first kappa shape index (κ1) is 18.1. The molecular formula is C15H25FN2O2S. The molecule has 0 amide bonds. The van der Waals surface area contributed by atoms with E-state index in [1.165, 1.54) is 18.2 Å². The standard InChI is InChI=1S/C15H25FN2O2S/c1-5-12(6-2)11(3)18-21(19,20)14-7-8-15(16)13(9-14)10-17-4/h7-9,11-12,17-18H,5-6,10H2,1-4H3. The highest BCUT2D eigenvalue weighted by atomic mass is 32.2. The molecule has 0 aliphatic rings. The van der Waals surface area contributed by atoms with Crippen molar-refractivity contribution in [3.63, 3.8) is 0 Å². The maximum atomic E-state index is 13.6. The van der Waals surface area contributed by atoms with Crippen LogP contribution < -0.4 is 10.0 Å². The highest BCUT2D eigenvalue weighted by Crippen LogP contribution is 2.18. The molecule has 0 aliphatic carbocycles. The van der Waals surface area contributed by atoms with Gasteiger partial charge in [-0.25, -0.2) is 17.5 Å². The second kappa shape index (κ2) is 7.87. The Labute approximate surface area is 127 Å². The van der Waals surface area contributed by atoms with Gasteiger partial charge in [-0.05, 0) is 38.1 Å². The Morgan fingerprint density at radius 2 is 1.86 bits per heavy atom. The van der Waals surface area contributed by atoms with Crippen LogP contribution in [0.2, 0.25) is 0 Å². The summed E-state index contributed by atoms with van der Waals surface area (Å²) in [5.74, 6) is -0.117. The van der Waals surface area contributed by atoms with Gasteiger partial charge in [-0.15, -0.1) is 0 Å². The monoisotopic (exact) mass is 316 g/mol. The summed E-state index contributed by atoms with van der Waals surface area (Å²) in [6.07, 6.45) is 1.82. The minimum Gasteiger partial charge on any atom is -0.316 e. The molecule has 21 heavy (non-hydrogen) atoms. The lowest BCUT2D eigenvalue weighted by Gasteiger charge is -2.22. The first-order valence-corrected chi connectivity index (χ1v) is 8.79. The summed E-state index contributed by atoms with van der Waals surface area (Å²) in [5.41, 5.74) is 0.343. The SMILES string of the molecule is CCC(CC)C(C)NS(=O)(=O)c1ccc(F)c(CNC)c1. The van der Waals surface area contributed by atoms with E-state index in [0.29, 0.717) is 5.56 Å². The quantitative estimate of drug-likeness (QED) is 0.775. The van der Waals surface area contributed by atoms with Crippen molar-refractivity contribution in [3.05, 3.63) is 29.6 Å². The number of sulfonamides is 1. The molecule has 0 spiro atoms. The van der Waals surface area contributed by atoms with Crippen LogP contribution in [-0.2, 0) is 16.6 Å². The van der Waals surface area contributed by atoms with Crippen molar-refractivity contribution < 1.29 is 12.8 Å². The fourth-order valence-corrected chi connectivity index (χ4v) is 3.81. The van der Waals surface area contributed by atoms with Gasteiger partial charge >= 0.3 is 0 Å². The lowest BCUT2D eigenvalue weighted by molar-refractivity contribution is 0.390. The van der Waals surface area contributed by atoms with Crippen molar-refractivity contribution >= 4 is 10.0 Å². The van der Waals surface area contributed by atoms with Crippen LogP contribution in [0.1, 0.15) is 39.2 Å². The van der Waals surface area contributed by atoms with Crippen molar-refractivity contribution in [2.45, 2.75) is 51.1 Å². The van der Waals surface area contributed by atoms with Gasteiger partial charge in [0.1, 0.15) is 5.82 Å². The third-order valence-corrected chi connectivity index (χ3v) is 5.35. The average molecular weight is 316 g/mol. The van der Waals surface area contributed by atoms with Crippen LogP contribution in [0.5, 0.6) is 0 Å². The lowest BCUT2D eigenvalue weighted by atomic mass is 9.96. The van der Waals surface area contributed by atoms with E-state index in [0.717, 1.165) is 12.8 Å². The van der Waals surface area contributed by atoms with E-state index in [4.69, 9.17) is 0 Å². The van der Waals surface area contributed by atoms with Crippen molar-refractivity contribution in [1.29, 1.82) is 0 Å². The Morgan fingerprint density at radius 1 is 1.24 bits per heavy atom. The molecule has 1 aromatic carbocycles. The van der Waals surface area contributed by atoms with Crippen molar-refractivity contribution in [2.24, 2.45) is 5.92 Å². The largest absolute Gasteiger partial charge is 0.316 e. The fourth-order valence-electron chi connectivity index (χ4n) is 2.45. The summed E-state index contributed by atoms with van der Waals surface area (Å²) in [4.78, 5) is 0.104. The normalized spacial score (nSPS) is 13.6.